The summed E-state index contributed by atoms with van der Waals surface area (Å²) in [6.45, 7) is 7.36. The van der Waals surface area contributed by atoms with Gasteiger partial charge in [0.1, 0.15) is 18.7 Å². The van der Waals surface area contributed by atoms with Crippen molar-refractivity contribution in [3.63, 3.8) is 0 Å². The zero-order valence-corrected chi connectivity index (χ0v) is 29.3. The van der Waals surface area contributed by atoms with Gasteiger partial charge < -0.3 is 29.6 Å². The van der Waals surface area contributed by atoms with E-state index in [0.29, 0.717) is 37.6 Å². The quantitative estimate of drug-likeness (QED) is 0.260. The van der Waals surface area contributed by atoms with E-state index in [9.17, 15) is 14.4 Å². The van der Waals surface area contributed by atoms with Crippen LogP contribution in [0.2, 0.25) is 0 Å². The molecule has 2 saturated heterocycles. The summed E-state index contributed by atoms with van der Waals surface area (Å²) in [4.78, 5) is 43.1. The van der Waals surface area contributed by atoms with Crippen molar-refractivity contribution >= 4 is 25.0 Å². The third kappa shape index (κ3) is 6.92. The van der Waals surface area contributed by atoms with Gasteiger partial charge in [0.2, 0.25) is 11.8 Å². The Bertz CT molecular complexity index is 1660. The van der Waals surface area contributed by atoms with E-state index in [0.717, 1.165) is 29.5 Å². The maximum Gasteiger partial charge on any atom is 0.482 e. The topological polar surface area (TPSA) is 106 Å². The summed E-state index contributed by atoms with van der Waals surface area (Å²) in [5.41, 5.74) is 2.59. The number of benzene rings is 3. The van der Waals surface area contributed by atoms with E-state index in [1.54, 1.807) is 4.90 Å². The van der Waals surface area contributed by atoms with Crippen molar-refractivity contribution in [2.24, 2.45) is 17.3 Å². The number of hydrogen-bond acceptors (Lipinski definition) is 6. The first-order chi connectivity index (χ1) is 24.1. The molecule has 0 spiro atoms. The Balaban J connectivity index is 1.07. The van der Waals surface area contributed by atoms with Crippen LogP contribution in [0, 0.1) is 17.3 Å². The molecular formula is C40H48BN3O6. The zero-order valence-electron chi connectivity index (χ0n) is 29.3. The van der Waals surface area contributed by atoms with Crippen LogP contribution < -0.4 is 10.6 Å². The molecular weight excluding hydrogens is 629 g/mol. The summed E-state index contributed by atoms with van der Waals surface area (Å²) in [5.74, 6) is 0.0150. The van der Waals surface area contributed by atoms with Crippen LogP contribution in [0.5, 0.6) is 0 Å². The highest BCUT2D eigenvalue weighted by Gasteiger charge is 2.68. The molecule has 3 amide bonds. The van der Waals surface area contributed by atoms with Crippen LogP contribution >= 0.6 is 0 Å². The second-order valence-electron chi connectivity index (χ2n) is 15.3. The molecule has 9 nitrogen and oxygen atoms in total. The monoisotopic (exact) mass is 677 g/mol. The van der Waals surface area contributed by atoms with Crippen molar-refractivity contribution in [2.75, 3.05) is 6.54 Å². The van der Waals surface area contributed by atoms with Crippen molar-refractivity contribution in [1.29, 1.82) is 0 Å². The fraction of sp³-hybridized carbons (Fsp3) is 0.475. The molecule has 2 bridgehead atoms. The van der Waals surface area contributed by atoms with Crippen LogP contribution in [0.15, 0.2) is 91.0 Å². The van der Waals surface area contributed by atoms with Crippen LogP contribution in [0.4, 0.5) is 4.79 Å². The molecule has 2 heterocycles. The van der Waals surface area contributed by atoms with Crippen molar-refractivity contribution in [3.05, 3.63) is 108 Å². The third-order valence-electron chi connectivity index (χ3n) is 11.8. The summed E-state index contributed by atoms with van der Waals surface area (Å²) >= 11 is 0. The van der Waals surface area contributed by atoms with Gasteiger partial charge in [0.05, 0.1) is 17.6 Å². The van der Waals surface area contributed by atoms with E-state index in [1.165, 1.54) is 0 Å². The van der Waals surface area contributed by atoms with Crippen LogP contribution in [0.1, 0.15) is 63.1 Å². The Morgan fingerprint density at radius 2 is 1.48 bits per heavy atom. The molecule has 8 rings (SSSR count). The van der Waals surface area contributed by atoms with Gasteiger partial charge in [0.25, 0.3) is 0 Å². The van der Waals surface area contributed by atoms with Crippen LogP contribution in [-0.2, 0) is 43.1 Å². The molecule has 1 unspecified atom stereocenters. The van der Waals surface area contributed by atoms with E-state index < -0.39 is 36.8 Å². The van der Waals surface area contributed by atoms with Gasteiger partial charge in [-0.05, 0) is 73.0 Å². The lowest BCUT2D eigenvalue weighted by Gasteiger charge is -2.64. The van der Waals surface area contributed by atoms with Gasteiger partial charge in [-0.3, -0.25) is 9.59 Å². The van der Waals surface area contributed by atoms with Gasteiger partial charge in [-0.1, -0.05) is 105 Å². The van der Waals surface area contributed by atoms with Gasteiger partial charge >= 0.3 is 13.2 Å². The summed E-state index contributed by atoms with van der Waals surface area (Å²) in [6, 6.07) is 27.4. The Kier molecular flexibility index (Phi) is 9.77. The first kappa shape index (κ1) is 34.3. The lowest BCUT2D eigenvalue weighted by molar-refractivity contribution is -0.199. The summed E-state index contributed by atoms with van der Waals surface area (Å²) in [7, 11) is -0.609. The minimum atomic E-state index is -0.909. The highest BCUT2D eigenvalue weighted by molar-refractivity contribution is 6.48. The maximum atomic E-state index is 14.2. The molecule has 3 saturated carbocycles. The van der Waals surface area contributed by atoms with Gasteiger partial charge in [0, 0.05) is 13.0 Å². The molecule has 5 aliphatic rings. The molecule has 3 aliphatic carbocycles. The van der Waals surface area contributed by atoms with Gasteiger partial charge in [0.15, 0.2) is 0 Å². The number of likely N-dealkylation sites (tertiary alicyclic amines) is 1. The molecule has 262 valence electrons. The second kappa shape index (κ2) is 14.2. The molecule has 3 aromatic rings. The summed E-state index contributed by atoms with van der Waals surface area (Å²) in [5, 5.41) is 6.10. The van der Waals surface area contributed by atoms with Crippen molar-refractivity contribution in [3.8, 4) is 0 Å². The lowest BCUT2D eigenvalue weighted by Crippen LogP contribution is -2.65. The molecule has 7 atom stereocenters. The normalized spacial score (nSPS) is 27.4. The minimum absolute atomic E-state index is 0.0181. The number of carbonyl (C=O) groups is 3. The van der Waals surface area contributed by atoms with Gasteiger partial charge in [-0.25, -0.2) is 4.79 Å². The molecule has 3 aromatic carbocycles. The highest BCUT2D eigenvalue weighted by Crippen LogP contribution is 2.65. The minimum Gasteiger partial charge on any atom is -0.445 e. The third-order valence-corrected chi connectivity index (χ3v) is 11.8. The Labute approximate surface area is 295 Å². The average Bonchev–Trinajstić information content (AvgIpc) is 3.76. The highest BCUT2D eigenvalue weighted by atomic mass is 16.7. The smallest absolute Gasteiger partial charge is 0.445 e. The van der Waals surface area contributed by atoms with Crippen molar-refractivity contribution < 1.29 is 28.4 Å². The SMILES string of the molecule is CC1(C)[C@@H]2C[C@H]3OB(C(Cc4ccccc4)NC(=O)[C@@H]4CCCN4C(=O)[C@@H](Cc4ccccc4)NC(=O)OCc4ccccc4)O[C@@]3(C)[C@H]1C2. The predicted octanol–water partition coefficient (Wildman–Crippen LogP) is 5.51. The molecule has 10 heteroatoms. The van der Waals surface area contributed by atoms with Crippen LogP contribution in [0.25, 0.3) is 0 Å². The number of rotatable bonds is 11. The molecule has 0 aromatic heterocycles. The Hall–Kier alpha value is -4.15. The first-order valence-electron chi connectivity index (χ1n) is 18.1. The second-order valence-corrected chi connectivity index (χ2v) is 15.3. The fourth-order valence-corrected chi connectivity index (χ4v) is 8.89. The number of carbonyl (C=O) groups excluding carboxylic acids is 3. The zero-order chi connectivity index (χ0) is 34.9. The van der Waals surface area contributed by atoms with E-state index in [4.69, 9.17) is 14.0 Å². The number of nitrogens with zero attached hydrogens (tertiary/aromatic N) is 1. The van der Waals surface area contributed by atoms with Crippen LogP contribution in [-0.4, -0.2) is 66.2 Å². The van der Waals surface area contributed by atoms with E-state index >= 15 is 0 Å². The van der Waals surface area contributed by atoms with Crippen molar-refractivity contribution in [1.82, 2.24) is 15.5 Å². The molecule has 2 N–H and O–H groups in total. The summed E-state index contributed by atoms with van der Waals surface area (Å²) in [6.07, 6.45) is 3.40. The number of amides is 3. The van der Waals surface area contributed by atoms with Crippen LogP contribution in [0.3, 0.4) is 0 Å². The molecule has 50 heavy (non-hydrogen) atoms. The standard InChI is InChI=1S/C40H48BN3O6/c1-39(2)30-24-33(39)40(3)34(25-30)49-41(50-40)35(23-28-16-9-5-10-17-28)43-36(45)32-20-13-21-44(32)37(46)31(22-27-14-7-4-8-15-27)42-38(47)48-26-29-18-11-6-12-19-29/h4-12,14-19,30-35H,13,20-26H2,1-3H3,(H,42,47)(H,43,45)/t30-,31+,32-,33-,34+,35?,40-/m0/s1. The molecule has 0 radical (unpaired) electrons. The first-order valence-corrected chi connectivity index (χ1v) is 18.1. The van der Waals surface area contributed by atoms with Crippen molar-refractivity contribution in [2.45, 2.75) is 95.6 Å². The van der Waals surface area contributed by atoms with Gasteiger partial charge in [-0.2, -0.15) is 0 Å². The Morgan fingerprint density at radius 1 is 0.860 bits per heavy atom. The largest absolute Gasteiger partial charge is 0.482 e. The maximum absolute atomic E-state index is 14.2. The number of alkyl carbamates (subject to hydrolysis) is 1. The number of ether oxygens (including phenoxy) is 1. The predicted molar refractivity (Wildman–Crippen MR) is 191 cm³/mol. The lowest BCUT2D eigenvalue weighted by atomic mass is 9.43. The van der Waals surface area contributed by atoms with E-state index in [2.05, 4.69) is 31.4 Å². The number of hydrogen-bond donors (Lipinski definition) is 2. The van der Waals surface area contributed by atoms with Gasteiger partial charge in [-0.15, -0.1) is 0 Å². The van der Waals surface area contributed by atoms with E-state index in [1.807, 2.05) is 91.0 Å². The molecule has 2 aliphatic heterocycles. The molecule has 5 fully saturated rings. The van der Waals surface area contributed by atoms with E-state index in [-0.39, 0.29) is 36.4 Å². The fourth-order valence-electron chi connectivity index (χ4n) is 8.89. The Morgan fingerprint density at radius 3 is 2.12 bits per heavy atom. The number of nitrogens with one attached hydrogen (secondary N) is 2. The average molecular weight is 678 g/mol. The summed E-state index contributed by atoms with van der Waals surface area (Å²) < 4.78 is 19.0.